The quantitative estimate of drug-likeness (QED) is 0.378. The summed E-state index contributed by atoms with van der Waals surface area (Å²) in [7, 11) is 0. The Balaban J connectivity index is 0. The molecule has 1 nitrogen and oxygen atoms in total. The van der Waals surface area contributed by atoms with Gasteiger partial charge in [0.05, 0.1) is 6.61 Å². The summed E-state index contributed by atoms with van der Waals surface area (Å²) in [6.07, 6.45) is 12.2. The summed E-state index contributed by atoms with van der Waals surface area (Å²) in [5.41, 5.74) is 0. The number of allylic oxidation sites excluding steroid dienone is 4. The first kappa shape index (κ1) is 14.4. The van der Waals surface area contributed by atoms with Gasteiger partial charge in [-0.1, -0.05) is 43.5 Å². The summed E-state index contributed by atoms with van der Waals surface area (Å²) in [6, 6.07) is 0. The van der Waals surface area contributed by atoms with E-state index in [0.29, 0.717) is 0 Å². The molecule has 0 rings (SSSR count). The van der Waals surface area contributed by atoms with Crippen molar-refractivity contribution in [3.8, 4) is 0 Å². The van der Waals surface area contributed by atoms with Crippen LogP contribution in [-0.4, -0.2) is 11.7 Å². The van der Waals surface area contributed by atoms with Crippen LogP contribution in [0.4, 0.5) is 0 Å². The number of hydrogen-bond donors (Lipinski definition) is 1. The Morgan fingerprint density at radius 3 is 1.92 bits per heavy atom. The van der Waals surface area contributed by atoms with Gasteiger partial charge in [0.2, 0.25) is 0 Å². The molecule has 1 N–H and O–H groups in total. The third kappa shape index (κ3) is 24.8. The van der Waals surface area contributed by atoms with Crippen molar-refractivity contribution in [2.75, 3.05) is 6.61 Å². The van der Waals surface area contributed by atoms with Gasteiger partial charge in [-0.15, -0.1) is 6.58 Å². The number of hydrogen-bond acceptors (Lipinski definition) is 1. The van der Waals surface area contributed by atoms with Crippen molar-refractivity contribution in [2.45, 2.75) is 19.3 Å². The van der Waals surface area contributed by atoms with Crippen LogP contribution in [0.15, 0.2) is 50.1 Å². The Labute approximate surface area is 81.8 Å². The van der Waals surface area contributed by atoms with Crippen LogP contribution >= 0.6 is 0 Å². The number of rotatable bonds is 6. The molecule has 0 saturated carbocycles. The largest absolute Gasteiger partial charge is 0.392 e. The fourth-order valence-corrected chi connectivity index (χ4v) is 0.572. The van der Waals surface area contributed by atoms with Crippen LogP contribution in [-0.2, 0) is 0 Å². The van der Waals surface area contributed by atoms with E-state index in [9.17, 15) is 0 Å². The monoisotopic (exact) mass is 180 g/mol. The second-order valence-corrected chi connectivity index (χ2v) is 2.34. The van der Waals surface area contributed by atoms with Gasteiger partial charge in [0.15, 0.2) is 0 Å². The van der Waals surface area contributed by atoms with Crippen LogP contribution in [0.1, 0.15) is 19.3 Å². The lowest BCUT2D eigenvalue weighted by atomic mass is 10.2. The lowest BCUT2D eigenvalue weighted by Crippen LogP contribution is -1.72. The number of unbranched alkanes of at least 4 members (excludes halogenated alkanes) is 2. The van der Waals surface area contributed by atoms with Crippen molar-refractivity contribution < 1.29 is 5.11 Å². The molecule has 0 unspecified atom stereocenters. The van der Waals surface area contributed by atoms with E-state index in [0.717, 1.165) is 19.3 Å². The molecule has 0 radical (unpaired) electrons. The van der Waals surface area contributed by atoms with E-state index >= 15 is 0 Å². The molecule has 0 heterocycles. The minimum atomic E-state index is 0.161. The van der Waals surface area contributed by atoms with E-state index in [1.165, 1.54) is 0 Å². The lowest BCUT2D eigenvalue weighted by Gasteiger charge is -1.86. The first-order valence-corrected chi connectivity index (χ1v) is 4.43. The van der Waals surface area contributed by atoms with Crippen molar-refractivity contribution in [1.29, 1.82) is 0 Å². The molecule has 0 aliphatic rings. The maximum atomic E-state index is 8.32. The van der Waals surface area contributed by atoms with Gasteiger partial charge in [-0.25, -0.2) is 0 Å². The standard InChI is InChI=1S/C8H14O.C4H6/c1-2-3-4-5-6-7-8-9;1-3-4-2/h2,6-7,9H,1,3-5,8H2;3-4H,1-2H2. The highest BCUT2D eigenvalue weighted by Crippen LogP contribution is 1.95. The fraction of sp³-hybridized carbons (Fsp3) is 0.333. The highest BCUT2D eigenvalue weighted by atomic mass is 16.2. The third-order valence-corrected chi connectivity index (χ3v) is 1.22. The van der Waals surface area contributed by atoms with E-state index in [2.05, 4.69) is 19.7 Å². The van der Waals surface area contributed by atoms with Crippen molar-refractivity contribution in [2.24, 2.45) is 0 Å². The van der Waals surface area contributed by atoms with Gasteiger partial charge < -0.3 is 5.11 Å². The van der Waals surface area contributed by atoms with Gasteiger partial charge in [-0.05, 0) is 19.3 Å². The van der Waals surface area contributed by atoms with Gasteiger partial charge in [0, 0.05) is 0 Å². The van der Waals surface area contributed by atoms with Crippen molar-refractivity contribution in [3.05, 3.63) is 50.1 Å². The van der Waals surface area contributed by atoms with E-state index in [1.807, 2.05) is 12.2 Å². The maximum absolute atomic E-state index is 8.32. The highest BCUT2D eigenvalue weighted by molar-refractivity contribution is 4.88. The molecule has 0 atom stereocenters. The van der Waals surface area contributed by atoms with E-state index < -0.39 is 0 Å². The SMILES string of the molecule is C=CC=C.C=CCCCC=CCO. The topological polar surface area (TPSA) is 20.2 Å². The zero-order valence-corrected chi connectivity index (χ0v) is 8.28. The maximum Gasteiger partial charge on any atom is 0.0612 e. The molecule has 0 aromatic rings. The second-order valence-electron chi connectivity index (χ2n) is 2.34. The smallest absolute Gasteiger partial charge is 0.0612 e. The summed E-state index contributed by atoms with van der Waals surface area (Å²) in [5, 5.41) is 8.32. The summed E-state index contributed by atoms with van der Waals surface area (Å²) >= 11 is 0. The molecular formula is C12H20O. The Kier molecular flexibility index (Phi) is 19.0. The molecule has 0 fully saturated rings. The summed E-state index contributed by atoms with van der Waals surface area (Å²) in [6.45, 7) is 10.5. The first-order chi connectivity index (χ1) is 6.33. The van der Waals surface area contributed by atoms with Crippen LogP contribution in [0, 0.1) is 0 Å². The zero-order valence-electron chi connectivity index (χ0n) is 8.28. The fourth-order valence-electron chi connectivity index (χ4n) is 0.572. The average Bonchev–Trinajstić information content (AvgIpc) is 2.18. The van der Waals surface area contributed by atoms with Crippen molar-refractivity contribution in [3.63, 3.8) is 0 Å². The van der Waals surface area contributed by atoms with Gasteiger partial charge in [-0.2, -0.15) is 0 Å². The first-order valence-electron chi connectivity index (χ1n) is 4.43. The average molecular weight is 180 g/mol. The minimum Gasteiger partial charge on any atom is -0.392 e. The molecule has 0 aromatic carbocycles. The van der Waals surface area contributed by atoms with Gasteiger partial charge in [0.1, 0.15) is 0 Å². The molecule has 0 saturated heterocycles. The van der Waals surface area contributed by atoms with Crippen LogP contribution in [0.3, 0.4) is 0 Å². The van der Waals surface area contributed by atoms with Gasteiger partial charge in [-0.3, -0.25) is 0 Å². The molecule has 0 aliphatic carbocycles. The summed E-state index contributed by atoms with van der Waals surface area (Å²) in [4.78, 5) is 0. The predicted octanol–water partition coefficient (Wildman–Crippen LogP) is 3.25. The highest BCUT2D eigenvalue weighted by Gasteiger charge is 1.76. The van der Waals surface area contributed by atoms with Crippen molar-refractivity contribution in [1.82, 2.24) is 0 Å². The molecule has 0 amide bonds. The molecular weight excluding hydrogens is 160 g/mol. The third-order valence-electron chi connectivity index (χ3n) is 1.22. The van der Waals surface area contributed by atoms with E-state index in [-0.39, 0.29) is 6.61 Å². The van der Waals surface area contributed by atoms with Crippen molar-refractivity contribution >= 4 is 0 Å². The summed E-state index contributed by atoms with van der Waals surface area (Å²) < 4.78 is 0. The van der Waals surface area contributed by atoms with Gasteiger partial charge in [0.25, 0.3) is 0 Å². The zero-order chi connectivity index (χ0) is 10.4. The second kappa shape index (κ2) is 17.1. The Morgan fingerprint density at radius 1 is 0.923 bits per heavy atom. The molecule has 0 bridgehead atoms. The molecule has 0 aliphatic heterocycles. The lowest BCUT2D eigenvalue weighted by molar-refractivity contribution is 0.342. The van der Waals surface area contributed by atoms with Gasteiger partial charge >= 0.3 is 0 Å². The molecule has 0 aromatic heterocycles. The predicted molar refractivity (Wildman–Crippen MR) is 60.7 cm³/mol. The molecule has 13 heavy (non-hydrogen) atoms. The van der Waals surface area contributed by atoms with Crippen LogP contribution in [0.25, 0.3) is 0 Å². The number of aliphatic hydroxyl groups is 1. The Hall–Kier alpha value is -1.08. The molecule has 74 valence electrons. The Bertz CT molecular complexity index is 139. The number of aliphatic hydroxyl groups excluding tert-OH is 1. The van der Waals surface area contributed by atoms with E-state index in [1.54, 1.807) is 18.2 Å². The van der Waals surface area contributed by atoms with E-state index in [4.69, 9.17) is 5.11 Å². The minimum absolute atomic E-state index is 0.161. The molecule has 1 heteroatoms. The van der Waals surface area contributed by atoms with Crippen LogP contribution in [0.2, 0.25) is 0 Å². The Morgan fingerprint density at radius 2 is 1.54 bits per heavy atom. The normalized spacial score (nSPS) is 8.69. The van der Waals surface area contributed by atoms with Crippen LogP contribution < -0.4 is 0 Å². The van der Waals surface area contributed by atoms with Crippen LogP contribution in [0.5, 0.6) is 0 Å². The molecule has 0 spiro atoms. The summed E-state index contributed by atoms with van der Waals surface area (Å²) in [5.74, 6) is 0.